The van der Waals surface area contributed by atoms with Gasteiger partial charge in [0, 0.05) is 11.8 Å². The second kappa shape index (κ2) is 6.69. The van der Waals surface area contributed by atoms with Gasteiger partial charge in [0.2, 0.25) is 0 Å². The van der Waals surface area contributed by atoms with Crippen LogP contribution in [0.1, 0.15) is 10.4 Å². The monoisotopic (exact) mass is 340 g/mol. The fourth-order valence-corrected chi connectivity index (χ4v) is 2.89. The summed E-state index contributed by atoms with van der Waals surface area (Å²) in [6.45, 7) is 0. The summed E-state index contributed by atoms with van der Waals surface area (Å²) in [7, 11) is 0. The SMILES string of the molecule is O=C(O)c1cccc(-n2ccc(-c3cccc(-c4ccccc4)c3)n2)c1. The maximum atomic E-state index is 11.2. The number of aromatic carboxylic acids is 1. The molecule has 26 heavy (non-hydrogen) atoms. The van der Waals surface area contributed by atoms with Gasteiger partial charge < -0.3 is 5.11 Å². The van der Waals surface area contributed by atoms with Crippen molar-refractivity contribution in [3.63, 3.8) is 0 Å². The quantitative estimate of drug-likeness (QED) is 0.574. The lowest BCUT2D eigenvalue weighted by Gasteiger charge is -2.05. The average Bonchev–Trinajstić information content (AvgIpc) is 3.19. The van der Waals surface area contributed by atoms with Crippen molar-refractivity contribution in [3.05, 3.63) is 96.7 Å². The molecular formula is C22H16N2O2. The molecule has 4 heteroatoms. The minimum atomic E-state index is -0.949. The van der Waals surface area contributed by atoms with Crippen molar-refractivity contribution >= 4 is 5.97 Å². The Morgan fingerprint density at radius 2 is 1.50 bits per heavy atom. The number of benzene rings is 3. The standard InChI is InChI=1S/C22H16N2O2/c25-22(26)19-10-5-11-20(15-19)24-13-12-21(23-24)18-9-4-8-17(14-18)16-6-2-1-3-7-16/h1-15H,(H,25,26). The molecule has 0 aliphatic rings. The summed E-state index contributed by atoms with van der Waals surface area (Å²) in [6, 6.07) is 27.1. The van der Waals surface area contributed by atoms with Crippen LogP contribution < -0.4 is 0 Å². The molecule has 0 aliphatic carbocycles. The number of aromatic nitrogens is 2. The third-order valence-corrected chi connectivity index (χ3v) is 4.21. The zero-order valence-electron chi connectivity index (χ0n) is 13.9. The molecule has 3 aromatic carbocycles. The van der Waals surface area contributed by atoms with E-state index in [-0.39, 0.29) is 5.56 Å². The molecule has 0 spiro atoms. The van der Waals surface area contributed by atoms with E-state index in [0.29, 0.717) is 0 Å². The molecule has 0 bridgehead atoms. The molecule has 0 atom stereocenters. The number of carboxylic acid groups (broad SMARTS) is 1. The molecule has 0 saturated heterocycles. The molecule has 0 saturated carbocycles. The predicted octanol–water partition coefficient (Wildman–Crippen LogP) is 4.90. The van der Waals surface area contributed by atoms with E-state index in [0.717, 1.165) is 28.1 Å². The van der Waals surface area contributed by atoms with Crippen LogP contribution in [0.15, 0.2) is 91.1 Å². The van der Waals surface area contributed by atoms with E-state index in [1.807, 2.05) is 48.7 Å². The van der Waals surface area contributed by atoms with E-state index >= 15 is 0 Å². The minimum Gasteiger partial charge on any atom is -0.478 e. The second-order valence-electron chi connectivity index (χ2n) is 5.95. The Morgan fingerprint density at radius 3 is 2.31 bits per heavy atom. The van der Waals surface area contributed by atoms with Crippen LogP contribution in [-0.4, -0.2) is 20.9 Å². The van der Waals surface area contributed by atoms with Crippen molar-refractivity contribution in [2.75, 3.05) is 0 Å². The first-order valence-corrected chi connectivity index (χ1v) is 8.26. The molecule has 4 aromatic rings. The summed E-state index contributed by atoms with van der Waals surface area (Å²) in [5.41, 5.74) is 5.09. The van der Waals surface area contributed by atoms with Crippen molar-refractivity contribution in [3.8, 4) is 28.1 Å². The first kappa shape index (κ1) is 15.8. The van der Waals surface area contributed by atoms with Crippen LogP contribution in [0.4, 0.5) is 0 Å². The highest BCUT2D eigenvalue weighted by molar-refractivity contribution is 5.88. The van der Waals surface area contributed by atoms with Gasteiger partial charge in [-0.15, -0.1) is 0 Å². The third-order valence-electron chi connectivity index (χ3n) is 4.21. The predicted molar refractivity (Wildman–Crippen MR) is 101 cm³/mol. The second-order valence-corrected chi connectivity index (χ2v) is 5.95. The van der Waals surface area contributed by atoms with Crippen molar-refractivity contribution in [2.24, 2.45) is 0 Å². The van der Waals surface area contributed by atoms with Crippen LogP contribution in [0, 0.1) is 0 Å². The van der Waals surface area contributed by atoms with Crippen LogP contribution in [0.3, 0.4) is 0 Å². The van der Waals surface area contributed by atoms with E-state index in [2.05, 4.69) is 29.4 Å². The first-order valence-electron chi connectivity index (χ1n) is 8.26. The van der Waals surface area contributed by atoms with Crippen molar-refractivity contribution in [1.82, 2.24) is 9.78 Å². The highest BCUT2D eigenvalue weighted by Crippen LogP contribution is 2.25. The van der Waals surface area contributed by atoms with Gasteiger partial charge in [0.05, 0.1) is 16.9 Å². The summed E-state index contributed by atoms with van der Waals surface area (Å²) in [5, 5.41) is 13.8. The number of nitrogens with zero attached hydrogens (tertiary/aromatic N) is 2. The van der Waals surface area contributed by atoms with E-state index in [1.165, 1.54) is 0 Å². The lowest BCUT2D eigenvalue weighted by Crippen LogP contribution is -2.00. The maximum Gasteiger partial charge on any atom is 0.335 e. The lowest BCUT2D eigenvalue weighted by molar-refractivity contribution is 0.0697. The minimum absolute atomic E-state index is 0.241. The lowest BCUT2D eigenvalue weighted by atomic mass is 10.0. The highest BCUT2D eigenvalue weighted by Gasteiger charge is 2.08. The van der Waals surface area contributed by atoms with Gasteiger partial charge in [-0.25, -0.2) is 9.48 Å². The topological polar surface area (TPSA) is 55.1 Å². The van der Waals surface area contributed by atoms with E-state index in [1.54, 1.807) is 22.9 Å². The van der Waals surface area contributed by atoms with Crippen molar-refractivity contribution in [1.29, 1.82) is 0 Å². The Hall–Kier alpha value is -3.66. The zero-order chi connectivity index (χ0) is 17.9. The molecule has 1 N–H and O–H groups in total. The molecule has 0 radical (unpaired) electrons. The molecule has 1 aromatic heterocycles. The van der Waals surface area contributed by atoms with E-state index in [9.17, 15) is 4.79 Å². The van der Waals surface area contributed by atoms with Crippen molar-refractivity contribution in [2.45, 2.75) is 0 Å². The van der Waals surface area contributed by atoms with Gasteiger partial charge in [-0.05, 0) is 41.5 Å². The number of hydrogen-bond donors (Lipinski definition) is 1. The maximum absolute atomic E-state index is 11.2. The smallest absolute Gasteiger partial charge is 0.335 e. The molecule has 0 fully saturated rings. The Kier molecular flexibility index (Phi) is 4.07. The molecule has 0 amide bonds. The molecule has 126 valence electrons. The fourth-order valence-electron chi connectivity index (χ4n) is 2.89. The first-order chi connectivity index (χ1) is 12.7. The van der Waals surface area contributed by atoms with Crippen LogP contribution >= 0.6 is 0 Å². The Balaban J connectivity index is 1.69. The summed E-state index contributed by atoms with van der Waals surface area (Å²) < 4.78 is 1.69. The van der Waals surface area contributed by atoms with Gasteiger partial charge in [0.15, 0.2) is 0 Å². The fraction of sp³-hybridized carbons (Fsp3) is 0. The Morgan fingerprint density at radius 1 is 0.769 bits per heavy atom. The molecule has 4 rings (SSSR count). The van der Waals surface area contributed by atoms with Gasteiger partial charge in [0.1, 0.15) is 0 Å². The number of carbonyl (C=O) groups is 1. The van der Waals surface area contributed by atoms with E-state index in [4.69, 9.17) is 5.11 Å². The zero-order valence-corrected chi connectivity index (χ0v) is 13.9. The van der Waals surface area contributed by atoms with Gasteiger partial charge in [-0.2, -0.15) is 5.10 Å². The molecule has 0 aliphatic heterocycles. The van der Waals surface area contributed by atoms with Crippen LogP contribution in [0.2, 0.25) is 0 Å². The summed E-state index contributed by atoms with van der Waals surface area (Å²) in [5.74, 6) is -0.949. The van der Waals surface area contributed by atoms with Crippen LogP contribution in [0.25, 0.3) is 28.1 Å². The Bertz CT molecular complexity index is 1070. The van der Waals surface area contributed by atoms with Gasteiger partial charge in [0.25, 0.3) is 0 Å². The number of hydrogen-bond acceptors (Lipinski definition) is 2. The van der Waals surface area contributed by atoms with Gasteiger partial charge >= 0.3 is 5.97 Å². The van der Waals surface area contributed by atoms with E-state index < -0.39 is 5.97 Å². The van der Waals surface area contributed by atoms with Gasteiger partial charge in [-0.3, -0.25) is 0 Å². The van der Waals surface area contributed by atoms with Gasteiger partial charge in [-0.1, -0.05) is 54.6 Å². The summed E-state index contributed by atoms with van der Waals surface area (Å²) in [4.78, 5) is 11.2. The number of carboxylic acids is 1. The highest BCUT2D eigenvalue weighted by atomic mass is 16.4. The Labute approximate surface area is 151 Å². The average molecular weight is 340 g/mol. The third kappa shape index (κ3) is 3.13. The molecular weight excluding hydrogens is 324 g/mol. The molecule has 1 heterocycles. The molecule has 0 unspecified atom stereocenters. The largest absolute Gasteiger partial charge is 0.478 e. The summed E-state index contributed by atoms with van der Waals surface area (Å²) >= 11 is 0. The van der Waals surface area contributed by atoms with Crippen molar-refractivity contribution < 1.29 is 9.90 Å². The molecule has 4 nitrogen and oxygen atoms in total. The number of rotatable bonds is 4. The summed E-state index contributed by atoms with van der Waals surface area (Å²) in [6.07, 6.45) is 1.84. The van der Waals surface area contributed by atoms with Crippen LogP contribution in [0.5, 0.6) is 0 Å². The van der Waals surface area contributed by atoms with Crippen LogP contribution in [-0.2, 0) is 0 Å². The normalized spacial score (nSPS) is 10.6.